The number of aliphatic hydroxyl groups is 1. The number of hydrogen-bond donors (Lipinski definition) is 4. The maximum atomic E-state index is 11.1. The first-order chi connectivity index (χ1) is 16.9. The van der Waals surface area contributed by atoms with E-state index < -0.39 is 18.2 Å². The van der Waals surface area contributed by atoms with Gasteiger partial charge in [0.2, 0.25) is 5.75 Å². The third-order valence-electron chi connectivity index (χ3n) is 5.23. The van der Waals surface area contributed by atoms with Crippen LogP contribution >= 0.6 is 23.3 Å². The minimum atomic E-state index is -1.30. The van der Waals surface area contributed by atoms with Crippen molar-refractivity contribution in [3.05, 3.63) is 36.5 Å². The summed E-state index contributed by atoms with van der Waals surface area (Å²) in [5.41, 5.74) is 2.87. The van der Waals surface area contributed by atoms with Crippen LogP contribution in [0.3, 0.4) is 0 Å². The molecule has 188 valence electrons. The summed E-state index contributed by atoms with van der Waals surface area (Å²) in [5, 5.41) is 22.5. The van der Waals surface area contributed by atoms with Gasteiger partial charge in [-0.3, -0.25) is 4.79 Å². The Morgan fingerprint density at radius 2 is 1.69 bits per heavy atom. The van der Waals surface area contributed by atoms with Gasteiger partial charge in [-0.2, -0.15) is 4.37 Å². The number of benzene rings is 2. The fraction of sp³-hybridized carbons (Fsp3) is 0.304. The highest BCUT2D eigenvalue weighted by Crippen LogP contribution is 2.45. The molecule has 3 aromatic rings. The highest BCUT2D eigenvalue weighted by Gasteiger charge is 2.23. The van der Waals surface area contributed by atoms with E-state index in [1.54, 1.807) is 39.7 Å². The first-order valence-corrected chi connectivity index (χ1v) is 11.5. The molecule has 10 nitrogen and oxygen atoms in total. The molecule has 4 N–H and O–H groups in total. The number of nitrogens with zero attached hydrogens (tertiary/aromatic N) is 1. The molecule has 35 heavy (non-hydrogen) atoms. The number of hydrogen-bond acceptors (Lipinski definition) is 10. The van der Waals surface area contributed by atoms with Crippen molar-refractivity contribution < 1.29 is 34.0 Å². The minimum absolute atomic E-state index is 0.389. The molecule has 0 saturated heterocycles. The number of aliphatic hydroxyl groups excluding tert-OH is 1. The van der Waals surface area contributed by atoms with Crippen LogP contribution < -0.4 is 29.1 Å². The van der Waals surface area contributed by atoms with E-state index in [1.807, 2.05) is 18.2 Å². The largest absolute Gasteiger partial charge is 0.495 e. The standard InChI is InChI=1S/C23H26ClN3O7S/c1-31-17-6-5-12(7-15(17)26-23(30)16(27-24)10-20(28)29)14-11-25-35-22(14)13-8-18(32-2)21(34-4)19(9-13)33-3/h5-9,11,16,23,26-27,30H,10H2,1-4H3,(H,28,29)/t16-,23?/m1/s1. The van der Waals surface area contributed by atoms with Gasteiger partial charge in [0.25, 0.3) is 0 Å². The molecule has 0 saturated carbocycles. The molecule has 0 aliphatic heterocycles. The number of carboxylic acid groups (broad SMARTS) is 1. The molecule has 2 aromatic carbocycles. The van der Waals surface area contributed by atoms with Gasteiger partial charge >= 0.3 is 5.97 Å². The van der Waals surface area contributed by atoms with Crippen LogP contribution in [0.15, 0.2) is 36.5 Å². The fourth-order valence-corrected chi connectivity index (χ4v) is 4.46. The fourth-order valence-electron chi connectivity index (χ4n) is 3.51. The van der Waals surface area contributed by atoms with Gasteiger partial charge in [0.05, 0.1) is 51.5 Å². The number of aliphatic carboxylic acids is 1. The summed E-state index contributed by atoms with van der Waals surface area (Å²) in [6.07, 6.45) is 0.0426. The Bertz CT molecular complexity index is 1150. The van der Waals surface area contributed by atoms with E-state index in [0.717, 1.165) is 21.6 Å². The zero-order chi connectivity index (χ0) is 25.5. The average Bonchev–Trinajstić information content (AvgIpc) is 3.36. The zero-order valence-electron chi connectivity index (χ0n) is 19.5. The summed E-state index contributed by atoms with van der Waals surface area (Å²) in [7, 11) is 6.14. The van der Waals surface area contributed by atoms with E-state index in [1.165, 1.54) is 18.6 Å². The Morgan fingerprint density at radius 3 is 2.23 bits per heavy atom. The molecule has 2 atom stereocenters. The van der Waals surface area contributed by atoms with E-state index in [-0.39, 0.29) is 6.42 Å². The highest BCUT2D eigenvalue weighted by atomic mass is 35.5. The van der Waals surface area contributed by atoms with Crippen molar-refractivity contribution in [3.8, 4) is 44.6 Å². The number of rotatable bonds is 12. The van der Waals surface area contributed by atoms with Crippen LogP contribution in [-0.2, 0) is 4.79 Å². The third-order valence-corrected chi connectivity index (χ3v) is 6.36. The molecule has 1 aromatic heterocycles. The van der Waals surface area contributed by atoms with Crippen LogP contribution in [0, 0.1) is 0 Å². The van der Waals surface area contributed by atoms with E-state index in [2.05, 4.69) is 14.5 Å². The number of anilines is 1. The van der Waals surface area contributed by atoms with Crippen LogP contribution in [0.1, 0.15) is 6.42 Å². The van der Waals surface area contributed by atoms with E-state index in [4.69, 9.17) is 35.8 Å². The quantitative estimate of drug-likeness (QED) is 0.205. The Hall–Kier alpha value is -3.25. The number of aromatic nitrogens is 1. The second-order valence-electron chi connectivity index (χ2n) is 7.30. The van der Waals surface area contributed by atoms with Crippen molar-refractivity contribution in [2.75, 3.05) is 33.8 Å². The molecule has 12 heteroatoms. The lowest BCUT2D eigenvalue weighted by Gasteiger charge is -2.23. The molecule has 1 heterocycles. The number of nitrogens with one attached hydrogen (secondary N) is 2. The lowest BCUT2D eigenvalue weighted by atomic mass is 10.0. The molecule has 0 radical (unpaired) electrons. The monoisotopic (exact) mass is 523 g/mol. The zero-order valence-corrected chi connectivity index (χ0v) is 21.1. The summed E-state index contributed by atoms with van der Waals surface area (Å²) in [4.78, 5) is 14.2. The maximum absolute atomic E-state index is 11.1. The number of carboxylic acids is 1. The van der Waals surface area contributed by atoms with Crippen LogP contribution in [-0.4, -0.2) is 61.3 Å². The summed E-state index contributed by atoms with van der Waals surface area (Å²) in [6, 6.07) is 8.11. The van der Waals surface area contributed by atoms with Crippen molar-refractivity contribution >= 4 is 35.0 Å². The number of halogens is 1. The van der Waals surface area contributed by atoms with Crippen LogP contribution in [0.2, 0.25) is 0 Å². The number of methoxy groups -OCH3 is 4. The predicted octanol–water partition coefficient (Wildman–Crippen LogP) is 3.83. The number of carbonyl (C=O) groups is 1. The van der Waals surface area contributed by atoms with Gasteiger partial charge in [-0.1, -0.05) is 6.07 Å². The molecule has 0 fully saturated rings. The van der Waals surface area contributed by atoms with Gasteiger partial charge in [-0.15, -0.1) is 0 Å². The van der Waals surface area contributed by atoms with Crippen molar-refractivity contribution in [1.29, 1.82) is 0 Å². The van der Waals surface area contributed by atoms with E-state index in [0.29, 0.717) is 28.7 Å². The molecule has 1 unspecified atom stereocenters. The Labute approximate surface area is 211 Å². The second kappa shape index (κ2) is 11.9. The summed E-state index contributed by atoms with van der Waals surface area (Å²) >= 11 is 6.94. The SMILES string of the molecule is COc1ccc(-c2cnsc2-c2cc(OC)c(OC)c(OC)c2)cc1NC(O)[C@@H](CC(=O)O)NCl. The van der Waals surface area contributed by atoms with Gasteiger partial charge < -0.3 is 34.5 Å². The molecule has 0 aliphatic carbocycles. The van der Waals surface area contributed by atoms with E-state index >= 15 is 0 Å². The molecule has 0 bridgehead atoms. The van der Waals surface area contributed by atoms with Crippen LogP contribution in [0.25, 0.3) is 21.6 Å². The molecule has 0 aliphatic rings. The lowest BCUT2D eigenvalue weighted by Crippen LogP contribution is -2.41. The van der Waals surface area contributed by atoms with Crippen LogP contribution in [0.4, 0.5) is 5.69 Å². The summed E-state index contributed by atoms with van der Waals surface area (Å²) < 4.78 is 26.2. The summed E-state index contributed by atoms with van der Waals surface area (Å²) in [6.45, 7) is 0. The Kier molecular flexibility index (Phi) is 8.99. The van der Waals surface area contributed by atoms with Gasteiger partial charge in [0.1, 0.15) is 12.0 Å². The minimum Gasteiger partial charge on any atom is -0.495 e. The van der Waals surface area contributed by atoms with Crippen LogP contribution in [0.5, 0.6) is 23.0 Å². The molecule has 0 spiro atoms. The first kappa shape index (κ1) is 26.4. The van der Waals surface area contributed by atoms with Crippen molar-refractivity contribution in [2.45, 2.75) is 18.7 Å². The maximum Gasteiger partial charge on any atom is 0.305 e. The normalized spacial score (nSPS) is 12.5. The van der Waals surface area contributed by atoms with Gasteiger partial charge in [-0.05, 0) is 53.1 Å². The highest BCUT2D eigenvalue weighted by molar-refractivity contribution is 7.10. The summed E-state index contributed by atoms with van der Waals surface area (Å²) in [5.74, 6) is 0.857. The number of ether oxygens (including phenoxy) is 4. The predicted molar refractivity (Wildman–Crippen MR) is 134 cm³/mol. The van der Waals surface area contributed by atoms with Gasteiger partial charge in [0.15, 0.2) is 11.5 Å². The molecular formula is C23H26ClN3O7S. The molecule has 0 amide bonds. The lowest BCUT2D eigenvalue weighted by molar-refractivity contribution is -0.138. The Balaban J connectivity index is 2.02. The van der Waals surface area contributed by atoms with Crippen molar-refractivity contribution in [3.63, 3.8) is 0 Å². The third kappa shape index (κ3) is 5.88. The molecular weight excluding hydrogens is 498 g/mol. The van der Waals surface area contributed by atoms with Crippen molar-refractivity contribution in [2.24, 2.45) is 0 Å². The smallest absolute Gasteiger partial charge is 0.305 e. The van der Waals surface area contributed by atoms with Crippen molar-refractivity contribution in [1.82, 2.24) is 9.21 Å². The van der Waals surface area contributed by atoms with Gasteiger partial charge in [-0.25, -0.2) is 4.84 Å². The average molecular weight is 524 g/mol. The van der Waals surface area contributed by atoms with Gasteiger partial charge in [0, 0.05) is 17.3 Å². The Morgan fingerprint density at radius 1 is 1.03 bits per heavy atom. The second-order valence-corrected chi connectivity index (χ2v) is 8.32. The molecule has 3 rings (SSSR count). The first-order valence-electron chi connectivity index (χ1n) is 10.3. The van der Waals surface area contributed by atoms with E-state index in [9.17, 15) is 9.90 Å². The topological polar surface area (TPSA) is 131 Å².